The summed E-state index contributed by atoms with van der Waals surface area (Å²) in [5.41, 5.74) is 0.789. The van der Waals surface area contributed by atoms with Crippen LogP contribution in [-0.4, -0.2) is 42.6 Å². The van der Waals surface area contributed by atoms with Gasteiger partial charge in [0.25, 0.3) is 0 Å². The van der Waals surface area contributed by atoms with Crippen molar-refractivity contribution >= 4 is 6.03 Å². The number of hydrogen-bond donors (Lipinski definition) is 0. The van der Waals surface area contributed by atoms with E-state index in [1.165, 1.54) is 13.2 Å². The number of methoxy groups -OCH3 is 1. The number of carbonyl (C=O) groups excluding carboxylic acids is 1. The summed E-state index contributed by atoms with van der Waals surface area (Å²) in [7, 11) is 3.18. The second kappa shape index (κ2) is 5.07. The number of halogens is 1. The van der Waals surface area contributed by atoms with Crippen LogP contribution in [0.2, 0.25) is 0 Å². The number of urea groups is 1. The number of likely N-dealkylation sites (N-methyl/N-ethyl adjacent to an activating group) is 1. The summed E-state index contributed by atoms with van der Waals surface area (Å²) < 4.78 is 18.6. The van der Waals surface area contributed by atoms with Crippen molar-refractivity contribution in [2.45, 2.75) is 25.9 Å². The van der Waals surface area contributed by atoms with Crippen molar-refractivity contribution in [2.75, 3.05) is 20.7 Å². The van der Waals surface area contributed by atoms with Crippen molar-refractivity contribution in [3.63, 3.8) is 0 Å². The van der Waals surface area contributed by atoms with Crippen LogP contribution in [0.4, 0.5) is 9.18 Å². The lowest BCUT2D eigenvalue weighted by Crippen LogP contribution is -2.34. The summed E-state index contributed by atoms with van der Waals surface area (Å²) in [6.07, 6.45) is 0. The van der Waals surface area contributed by atoms with Crippen molar-refractivity contribution in [1.29, 1.82) is 0 Å². The van der Waals surface area contributed by atoms with Crippen LogP contribution < -0.4 is 4.74 Å². The van der Waals surface area contributed by atoms with Crippen molar-refractivity contribution < 1.29 is 13.9 Å². The first-order chi connectivity index (χ1) is 8.95. The van der Waals surface area contributed by atoms with Crippen molar-refractivity contribution in [3.8, 4) is 5.75 Å². The van der Waals surface area contributed by atoms with E-state index in [0.717, 1.165) is 5.56 Å². The fourth-order valence-electron chi connectivity index (χ4n) is 2.37. The number of nitrogens with zero attached hydrogens (tertiary/aromatic N) is 2. The number of ether oxygens (including phenoxy) is 1. The molecule has 1 saturated heterocycles. The molecule has 1 fully saturated rings. The van der Waals surface area contributed by atoms with E-state index in [1.807, 2.05) is 13.8 Å². The number of rotatable bonds is 3. The van der Waals surface area contributed by atoms with Gasteiger partial charge in [-0.25, -0.2) is 9.18 Å². The lowest BCUT2D eigenvalue weighted by molar-refractivity contribution is 0.187. The van der Waals surface area contributed by atoms with E-state index in [4.69, 9.17) is 4.74 Å². The molecule has 1 heterocycles. The summed E-state index contributed by atoms with van der Waals surface area (Å²) in [5.74, 6) is -0.180. The molecule has 1 aliphatic rings. The Morgan fingerprint density at radius 2 is 2.11 bits per heavy atom. The molecule has 1 unspecified atom stereocenters. The van der Waals surface area contributed by atoms with E-state index < -0.39 is 5.82 Å². The Morgan fingerprint density at radius 3 is 2.58 bits per heavy atom. The quantitative estimate of drug-likeness (QED) is 0.842. The molecule has 0 aliphatic carbocycles. The van der Waals surface area contributed by atoms with E-state index in [9.17, 15) is 9.18 Å². The molecule has 0 saturated carbocycles. The van der Waals surface area contributed by atoms with E-state index in [0.29, 0.717) is 6.54 Å². The summed E-state index contributed by atoms with van der Waals surface area (Å²) in [5, 5.41) is 0. The van der Waals surface area contributed by atoms with Crippen LogP contribution in [0.15, 0.2) is 18.2 Å². The Kier molecular flexibility index (Phi) is 3.64. The number of benzene rings is 1. The zero-order chi connectivity index (χ0) is 14.2. The zero-order valence-corrected chi connectivity index (χ0v) is 11.7. The third kappa shape index (κ3) is 2.37. The van der Waals surface area contributed by atoms with Crippen molar-refractivity contribution in [1.82, 2.24) is 9.80 Å². The molecule has 0 spiro atoms. The maximum Gasteiger partial charge on any atom is 0.320 e. The molecular formula is C14H19FN2O2. The summed E-state index contributed by atoms with van der Waals surface area (Å²) in [6, 6.07) is 4.85. The molecule has 2 amide bonds. The summed E-state index contributed by atoms with van der Waals surface area (Å²) in [4.78, 5) is 15.5. The lowest BCUT2D eigenvalue weighted by Gasteiger charge is -2.19. The Labute approximate surface area is 112 Å². The minimum Gasteiger partial charge on any atom is -0.494 e. The molecule has 4 nitrogen and oxygen atoms in total. The number of hydrogen-bond acceptors (Lipinski definition) is 2. The van der Waals surface area contributed by atoms with Crippen LogP contribution in [-0.2, 0) is 0 Å². The molecule has 1 aromatic carbocycles. The molecule has 5 heteroatoms. The second-order valence-corrected chi connectivity index (χ2v) is 5.05. The summed E-state index contributed by atoms with van der Waals surface area (Å²) in [6.45, 7) is 4.53. The minimum absolute atomic E-state index is 0.0174. The van der Waals surface area contributed by atoms with Gasteiger partial charge in [0, 0.05) is 19.6 Å². The maximum absolute atomic E-state index is 13.7. The zero-order valence-electron chi connectivity index (χ0n) is 11.7. The van der Waals surface area contributed by atoms with Gasteiger partial charge in [-0.15, -0.1) is 0 Å². The van der Waals surface area contributed by atoms with Gasteiger partial charge in [-0.1, -0.05) is 6.07 Å². The largest absolute Gasteiger partial charge is 0.494 e. The molecule has 19 heavy (non-hydrogen) atoms. The van der Waals surface area contributed by atoms with Gasteiger partial charge in [0.05, 0.1) is 13.2 Å². The van der Waals surface area contributed by atoms with E-state index in [2.05, 4.69) is 0 Å². The van der Waals surface area contributed by atoms with Gasteiger partial charge in [-0.2, -0.15) is 0 Å². The smallest absolute Gasteiger partial charge is 0.320 e. The maximum atomic E-state index is 13.7. The van der Waals surface area contributed by atoms with Crippen LogP contribution in [0, 0.1) is 5.82 Å². The molecular weight excluding hydrogens is 247 g/mol. The molecule has 0 radical (unpaired) electrons. The highest BCUT2D eigenvalue weighted by Crippen LogP contribution is 2.31. The van der Waals surface area contributed by atoms with Crippen LogP contribution in [0.5, 0.6) is 5.75 Å². The lowest BCUT2D eigenvalue weighted by atomic mass is 10.1. The third-order valence-electron chi connectivity index (χ3n) is 3.57. The van der Waals surface area contributed by atoms with Crippen LogP contribution in [0.3, 0.4) is 0 Å². The van der Waals surface area contributed by atoms with Gasteiger partial charge in [-0.05, 0) is 31.5 Å². The standard InChI is InChI=1S/C14H19FN2O2/c1-9(2)17-8-12(16(3)14(17)18)10-5-6-13(19-4)11(15)7-10/h5-7,9,12H,8H2,1-4H3. The molecule has 0 aromatic heterocycles. The van der Waals surface area contributed by atoms with Gasteiger partial charge in [0.2, 0.25) is 0 Å². The van der Waals surface area contributed by atoms with Gasteiger partial charge >= 0.3 is 6.03 Å². The topological polar surface area (TPSA) is 32.8 Å². The first-order valence-electron chi connectivity index (χ1n) is 6.32. The molecule has 104 valence electrons. The number of amides is 2. The fraction of sp³-hybridized carbons (Fsp3) is 0.500. The normalized spacial score (nSPS) is 19.5. The SMILES string of the molecule is COc1ccc(C2CN(C(C)C)C(=O)N2C)cc1F. The van der Waals surface area contributed by atoms with Gasteiger partial charge in [-0.3, -0.25) is 0 Å². The molecule has 2 rings (SSSR count). The Morgan fingerprint density at radius 1 is 1.42 bits per heavy atom. The van der Waals surface area contributed by atoms with E-state index in [1.54, 1.807) is 29.0 Å². The first-order valence-corrected chi connectivity index (χ1v) is 6.32. The first kappa shape index (κ1) is 13.6. The predicted octanol–water partition coefficient (Wildman–Crippen LogP) is 2.65. The van der Waals surface area contributed by atoms with Crippen molar-refractivity contribution in [3.05, 3.63) is 29.6 Å². The minimum atomic E-state index is -0.399. The fourth-order valence-corrected chi connectivity index (χ4v) is 2.37. The highest BCUT2D eigenvalue weighted by atomic mass is 19.1. The van der Waals surface area contributed by atoms with E-state index in [-0.39, 0.29) is 23.9 Å². The van der Waals surface area contributed by atoms with Gasteiger partial charge < -0.3 is 14.5 Å². The van der Waals surface area contributed by atoms with Gasteiger partial charge in [0.1, 0.15) is 0 Å². The average Bonchev–Trinajstić information content (AvgIpc) is 2.66. The average molecular weight is 266 g/mol. The molecule has 0 N–H and O–H groups in total. The van der Waals surface area contributed by atoms with Gasteiger partial charge in [0.15, 0.2) is 11.6 Å². The second-order valence-electron chi connectivity index (χ2n) is 5.05. The number of carbonyl (C=O) groups is 1. The molecule has 0 bridgehead atoms. The summed E-state index contributed by atoms with van der Waals surface area (Å²) >= 11 is 0. The predicted molar refractivity (Wildman–Crippen MR) is 70.7 cm³/mol. The highest BCUT2D eigenvalue weighted by molar-refractivity contribution is 5.77. The molecule has 1 aromatic rings. The Bertz CT molecular complexity index is 490. The Hall–Kier alpha value is -1.78. The Balaban J connectivity index is 2.28. The van der Waals surface area contributed by atoms with Crippen LogP contribution in [0.1, 0.15) is 25.5 Å². The molecule has 1 aliphatic heterocycles. The van der Waals surface area contributed by atoms with Crippen molar-refractivity contribution in [2.24, 2.45) is 0 Å². The third-order valence-corrected chi connectivity index (χ3v) is 3.57. The molecule has 1 atom stereocenters. The highest BCUT2D eigenvalue weighted by Gasteiger charge is 2.36. The van der Waals surface area contributed by atoms with Crippen LogP contribution in [0.25, 0.3) is 0 Å². The monoisotopic (exact) mass is 266 g/mol. The van der Waals surface area contributed by atoms with E-state index >= 15 is 0 Å². The van der Waals surface area contributed by atoms with Crippen LogP contribution >= 0.6 is 0 Å².